The molecule has 4 nitrogen and oxygen atoms in total. The van der Waals surface area contributed by atoms with E-state index in [1.807, 2.05) is 30.9 Å². The summed E-state index contributed by atoms with van der Waals surface area (Å²) in [6.45, 7) is 4.66. The Morgan fingerprint density at radius 2 is 2.17 bits per heavy atom. The molecule has 2 atom stereocenters. The fourth-order valence-corrected chi connectivity index (χ4v) is 5.14. The van der Waals surface area contributed by atoms with Crippen molar-refractivity contribution in [2.24, 2.45) is 5.73 Å². The van der Waals surface area contributed by atoms with Crippen molar-refractivity contribution < 1.29 is 4.79 Å². The third-order valence-electron chi connectivity index (χ3n) is 4.19. The number of piperidine rings is 1. The molecule has 0 saturated carbocycles. The van der Waals surface area contributed by atoms with E-state index in [1.54, 1.807) is 0 Å². The van der Waals surface area contributed by atoms with E-state index in [0.29, 0.717) is 0 Å². The fourth-order valence-electron chi connectivity index (χ4n) is 3.02. The van der Waals surface area contributed by atoms with Gasteiger partial charge in [-0.25, -0.2) is 4.98 Å². The van der Waals surface area contributed by atoms with Crippen LogP contribution in [0.2, 0.25) is 4.34 Å². The van der Waals surface area contributed by atoms with E-state index in [1.165, 1.54) is 22.7 Å². The quantitative estimate of drug-likeness (QED) is 0.811. The molecule has 2 aromatic rings. The van der Waals surface area contributed by atoms with Crippen molar-refractivity contribution >= 4 is 52.6 Å². The van der Waals surface area contributed by atoms with Crippen LogP contribution in [0, 0.1) is 6.92 Å². The second-order valence-corrected chi connectivity index (χ2v) is 8.67. The molecule has 0 bridgehead atoms. The number of nitrogens with two attached hydrogens (primary N) is 1. The van der Waals surface area contributed by atoms with Gasteiger partial charge in [-0.15, -0.1) is 35.1 Å². The lowest BCUT2D eigenvalue weighted by atomic mass is 9.96. The summed E-state index contributed by atoms with van der Waals surface area (Å²) in [6.07, 6.45) is 3.16. The van der Waals surface area contributed by atoms with Crippen LogP contribution in [0.15, 0.2) is 12.1 Å². The first kappa shape index (κ1) is 19.7. The second-order valence-electron chi connectivity index (χ2n) is 5.96. The maximum absolute atomic E-state index is 13.0. The van der Waals surface area contributed by atoms with E-state index >= 15 is 0 Å². The van der Waals surface area contributed by atoms with Gasteiger partial charge in [-0.05, 0) is 45.2 Å². The smallest absolute Gasteiger partial charge is 0.266 e. The molecule has 0 aliphatic carbocycles. The molecule has 132 valence electrons. The van der Waals surface area contributed by atoms with Crippen molar-refractivity contribution in [1.29, 1.82) is 0 Å². The van der Waals surface area contributed by atoms with E-state index in [9.17, 15) is 4.79 Å². The predicted molar refractivity (Wildman–Crippen MR) is 105 cm³/mol. The number of hydrogen-bond donors (Lipinski definition) is 1. The summed E-state index contributed by atoms with van der Waals surface area (Å²) in [6, 6.07) is 3.92. The van der Waals surface area contributed by atoms with Gasteiger partial charge in [0.1, 0.15) is 9.88 Å². The molecule has 1 fully saturated rings. The lowest BCUT2D eigenvalue weighted by Crippen LogP contribution is -2.51. The number of carbonyl (C=O) groups excluding carboxylic acids is 1. The van der Waals surface area contributed by atoms with Crippen molar-refractivity contribution in [3.8, 4) is 9.88 Å². The molecule has 1 saturated heterocycles. The van der Waals surface area contributed by atoms with Crippen LogP contribution in [-0.2, 0) is 0 Å². The molecule has 2 aromatic heterocycles. The van der Waals surface area contributed by atoms with Crippen LogP contribution in [0.25, 0.3) is 9.88 Å². The average Bonchev–Trinajstić information content (AvgIpc) is 3.12. The highest BCUT2D eigenvalue weighted by atomic mass is 35.5. The summed E-state index contributed by atoms with van der Waals surface area (Å²) in [5, 5.41) is 0.858. The third-order valence-corrected chi connectivity index (χ3v) is 6.74. The summed E-state index contributed by atoms with van der Waals surface area (Å²) in [4.78, 5) is 21.2. The molecule has 1 aliphatic rings. The molecule has 3 rings (SSSR count). The fraction of sp³-hybridized carbons (Fsp3) is 0.500. The molecule has 24 heavy (non-hydrogen) atoms. The van der Waals surface area contributed by atoms with Gasteiger partial charge in [0.25, 0.3) is 5.91 Å². The Morgan fingerprint density at radius 3 is 2.79 bits per heavy atom. The zero-order valence-electron chi connectivity index (χ0n) is 13.6. The third kappa shape index (κ3) is 3.94. The van der Waals surface area contributed by atoms with Crippen LogP contribution in [0.5, 0.6) is 0 Å². The first-order valence-electron chi connectivity index (χ1n) is 7.77. The molecule has 8 heteroatoms. The van der Waals surface area contributed by atoms with E-state index in [-0.39, 0.29) is 30.4 Å². The number of nitrogens with zero attached hydrogens (tertiary/aromatic N) is 2. The Morgan fingerprint density at radius 1 is 1.42 bits per heavy atom. The summed E-state index contributed by atoms with van der Waals surface area (Å²) in [5.74, 6) is 0.0657. The number of thiazole rings is 1. The molecular weight excluding hydrogens is 385 g/mol. The van der Waals surface area contributed by atoms with Crippen LogP contribution >= 0.6 is 46.7 Å². The number of likely N-dealkylation sites (tertiary alicyclic amines) is 1. The van der Waals surface area contributed by atoms with Gasteiger partial charge in [0, 0.05) is 18.6 Å². The average molecular weight is 406 g/mol. The first-order valence-corrected chi connectivity index (χ1v) is 9.78. The highest BCUT2D eigenvalue weighted by Gasteiger charge is 2.32. The Kier molecular flexibility index (Phi) is 6.67. The topological polar surface area (TPSA) is 59.2 Å². The number of thiophene rings is 1. The van der Waals surface area contributed by atoms with Crippen LogP contribution in [-0.4, -0.2) is 34.4 Å². The molecule has 1 amide bonds. The van der Waals surface area contributed by atoms with Gasteiger partial charge in [0.15, 0.2) is 0 Å². The van der Waals surface area contributed by atoms with Crippen molar-refractivity contribution in [3.63, 3.8) is 0 Å². The standard InChI is InChI=1S/C16H20ClN3OS2.ClH/c1-9(18)11-5-3-4-8-20(11)16(21)14-10(2)19-15(23-14)12-6-7-13(17)22-12;/h6-7,9,11H,3-5,8,18H2,1-2H3;1H. The SMILES string of the molecule is Cc1nc(-c2ccc(Cl)s2)sc1C(=O)N1CCCCC1C(C)N.Cl. The van der Waals surface area contributed by atoms with E-state index < -0.39 is 0 Å². The minimum atomic E-state index is -0.0111. The van der Waals surface area contributed by atoms with E-state index in [2.05, 4.69) is 4.98 Å². The zero-order chi connectivity index (χ0) is 16.6. The molecule has 2 unspecified atom stereocenters. The maximum atomic E-state index is 13.0. The minimum absolute atomic E-state index is 0. The molecular formula is C16H21Cl2N3OS2. The lowest BCUT2D eigenvalue weighted by Gasteiger charge is -2.37. The highest BCUT2D eigenvalue weighted by Crippen LogP contribution is 2.36. The van der Waals surface area contributed by atoms with Gasteiger partial charge in [0.2, 0.25) is 0 Å². The number of aryl methyl sites for hydroxylation is 1. The number of aromatic nitrogens is 1. The van der Waals surface area contributed by atoms with Gasteiger partial charge in [-0.2, -0.15) is 0 Å². The number of amides is 1. The monoisotopic (exact) mass is 405 g/mol. The van der Waals surface area contributed by atoms with Crippen LogP contribution in [0.4, 0.5) is 0 Å². The van der Waals surface area contributed by atoms with Gasteiger partial charge < -0.3 is 10.6 Å². The summed E-state index contributed by atoms with van der Waals surface area (Å²) in [7, 11) is 0. The minimum Gasteiger partial charge on any atom is -0.333 e. The molecule has 0 aromatic carbocycles. The van der Waals surface area contributed by atoms with E-state index in [4.69, 9.17) is 17.3 Å². The van der Waals surface area contributed by atoms with Crippen molar-refractivity contribution in [2.45, 2.75) is 45.2 Å². The second kappa shape index (κ2) is 8.15. The van der Waals surface area contributed by atoms with Crippen LogP contribution in [0.1, 0.15) is 41.6 Å². The van der Waals surface area contributed by atoms with Gasteiger partial charge >= 0.3 is 0 Å². The Balaban J connectivity index is 0.00000208. The summed E-state index contributed by atoms with van der Waals surface area (Å²) in [5.41, 5.74) is 6.88. The summed E-state index contributed by atoms with van der Waals surface area (Å²) >= 11 is 8.94. The molecule has 1 aliphatic heterocycles. The van der Waals surface area contributed by atoms with Crippen LogP contribution < -0.4 is 5.73 Å². The van der Waals surface area contributed by atoms with E-state index in [0.717, 1.165) is 50.6 Å². The number of halogens is 2. The van der Waals surface area contributed by atoms with Crippen LogP contribution in [0.3, 0.4) is 0 Å². The Labute approximate surface area is 161 Å². The number of carbonyl (C=O) groups is 1. The normalized spacial score (nSPS) is 19.0. The van der Waals surface area contributed by atoms with Gasteiger partial charge in [-0.3, -0.25) is 4.79 Å². The first-order chi connectivity index (χ1) is 11.0. The molecule has 2 N–H and O–H groups in total. The summed E-state index contributed by atoms with van der Waals surface area (Å²) < 4.78 is 0.730. The van der Waals surface area contributed by atoms with Crippen molar-refractivity contribution in [3.05, 3.63) is 27.0 Å². The lowest BCUT2D eigenvalue weighted by molar-refractivity contribution is 0.0588. The number of rotatable bonds is 3. The van der Waals surface area contributed by atoms with Crippen molar-refractivity contribution in [1.82, 2.24) is 9.88 Å². The largest absolute Gasteiger partial charge is 0.333 e. The highest BCUT2D eigenvalue weighted by molar-refractivity contribution is 7.24. The number of hydrogen-bond acceptors (Lipinski definition) is 5. The maximum Gasteiger partial charge on any atom is 0.266 e. The molecule has 3 heterocycles. The molecule has 0 radical (unpaired) electrons. The molecule has 0 spiro atoms. The predicted octanol–water partition coefficient (Wildman–Crippen LogP) is 4.60. The zero-order valence-corrected chi connectivity index (χ0v) is 16.8. The van der Waals surface area contributed by atoms with Gasteiger partial charge in [0.05, 0.1) is 14.9 Å². The van der Waals surface area contributed by atoms with Crippen molar-refractivity contribution in [2.75, 3.05) is 6.54 Å². The van der Waals surface area contributed by atoms with Gasteiger partial charge in [-0.1, -0.05) is 11.6 Å². The Hall–Kier alpha value is -0.660. The Bertz CT molecular complexity index is 714.